The molecule has 0 atom stereocenters. The third-order valence-corrected chi connectivity index (χ3v) is 4.08. The molecule has 0 bridgehead atoms. The van der Waals surface area contributed by atoms with Crippen LogP contribution in [0.5, 0.6) is 5.75 Å². The first kappa shape index (κ1) is 17.6. The number of hydrogen-bond donors (Lipinski definition) is 1. The van der Waals surface area contributed by atoms with Gasteiger partial charge in [0.1, 0.15) is 12.4 Å². The number of halogens is 1. The van der Waals surface area contributed by atoms with Gasteiger partial charge in [0.25, 0.3) is 5.91 Å². The summed E-state index contributed by atoms with van der Waals surface area (Å²) in [6.07, 6.45) is 3.22. The van der Waals surface area contributed by atoms with Gasteiger partial charge in [-0.05, 0) is 48.0 Å². The van der Waals surface area contributed by atoms with E-state index in [0.717, 1.165) is 10.0 Å². The SMILES string of the molecule is N#Cc1ccc(COc2ccc(Br)cc2C(=O)Nc2cccnc2)cc1. The van der Waals surface area contributed by atoms with Crippen molar-refractivity contribution in [2.45, 2.75) is 6.61 Å². The largest absolute Gasteiger partial charge is 0.488 e. The van der Waals surface area contributed by atoms with Gasteiger partial charge in [0, 0.05) is 10.7 Å². The summed E-state index contributed by atoms with van der Waals surface area (Å²) in [7, 11) is 0. The van der Waals surface area contributed by atoms with Crippen LogP contribution < -0.4 is 10.1 Å². The molecule has 5 nitrogen and oxygen atoms in total. The monoisotopic (exact) mass is 407 g/mol. The Morgan fingerprint density at radius 2 is 2.00 bits per heavy atom. The maximum atomic E-state index is 12.6. The van der Waals surface area contributed by atoms with Gasteiger partial charge in [-0.3, -0.25) is 9.78 Å². The fourth-order valence-electron chi connectivity index (χ4n) is 2.28. The highest BCUT2D eigenvalue weighted by Crippen LogP contribution is 2.25. The molecule has 1 heterocycles. The normalized spacial score (nSPS) is 10.0. The number of nitrogens with zero attached hydrogens (tertiary/aromatic N) is 2. The second-order valence-electron chi connectivity index (χ2n) is 5.43. The van der Waals surface area contributed by atoms with Crippen molar-refractivity contribution in [3.05, 3.63) is 88.2 Å². The summed E-state index contributed by atoms with van der Waals surface area (Å²) >= 11 is 3.38. The van der Waals surface area contributed by atoms with E-state index in [9.17, 15) is 4.79 Å². The zero-order valence-corrected chi connectivity index (χ0v) is 15.2. The molecule has 2 aromatic carbocycles. The summed E-state index contributed by atoms with van der Waals surface area (Å²) < 4.78 is 6.61. The first-order valence-corrected chi connectivity index (χ1v) is 8.58. The molecule has 1 aromatic heterocycles. The second kappa shape index (κ2) is 8.28. The van der Waals surface area contributed by atoms with E-state index in [2.05, 4.69) is 32.3 Å². The maximum absolute atomic E-state index is 12.6. The summed E-state index contributed by atoms with van der Waals surface area (Å²) in [4.78, 5) is 16.6. The lowest BCUT2D eigenvalue weighted by Gasteiger charge is -2.12. The predicted molar refractivity (Wildman–Crippen MR) is 102 cm³/mol. The topological polar surface area (TPSA) is 75.0 Å². The van der Waals surface area contributed by atoms with E-state index >= 15 is 0 Å². The van der Waals surface area contributed by atoms with Crippen LogP contribution in [0.4, 0.5) is 5.69 Å². The maximum Gasteiger partial charge on any atom is 0.259 e. The number of nitriles is 1. The molecule has 0 spiro atoms. The average Bonchev–Trinajstić information content (AvgIpc) is 2.68. The molecule has 0 aliphatic heterocycles. The lowest BCUT2D eigenvalue weighted by molar-refractivity contribution is 0.102. The first-order chi connectivity index (χ1) is 12.7. The van der Waals surface area contributed by atoms with Crippen molar-refractivity contribution in [1.29, 1.82) is 5.26 Å². The van der Waals surface area contributed by atoms with Crippen molar-refractivity contribution in [3.8, 4) is 11.8 Å². The number of hydrogen-bond acceptors (Lipinski definition) is 4. The van der Waals surface area contributed by atoms with Crippen LogP contribution >= 0.6 is 15.9 Å². The number of rotatable bonds is 5. The smallest absolute Gasteiger partial charge is 0.259 e. The Kier molecular flexibility index (Phi) is 5.62. The number of pyridine rings is 1. The number of anilines is 1. The summed E-state index contributed by atoms with van der Waals surface area (Å²) in [6, 6.07) is 18.0. The Bertz CT molecular complexity index is 951. The average molecular weight is 408 g/mol. The van der Waals surface area contributed by atoms with E-state index in [0.29, 0.717) is 29.2 Å². The number of benzene rings is 2. The molecule has 1 amide bonds. The molecule has 3 aromatic rings. The molecule has 0 radical (unpaired) electrons. The van der Waals surface area contributed by atoms with Gasteiger partial charge < -0.3 is 10.1 Å². The molecule has 0 aliphatic rings. The van der Waals surface area contributed by atoms with Crippen molar-refractivity contribution >= 4 is 27.5 Å². The van der Waals surface area contributed by atoms with Crippen molar-refractivity contribution in [2.24, 2.45) is 0 Å². The molecule has 0 saturated carbocycles. The molecule has 0 unspecified atom stereocenters. The summed E-state index contributed by atoms with van der Waals surface area (Å²) in [5.74, 6) is 0.188. The van der Waals surface area contributed by atoms with Gasteiger partial charge in [-0.15, -0.1) is 0 Å². The molecule has 1 N–H and O–H groups in total. The van der Waals surface area contributed by atoms with Gasteiger partial charge in [-0.2, -0.15) is 5.26 Å². The fraction of sp³-hybridized carbons (Fsp3) is 0.0500. The highest BCUT2D eigenvalue weighted by atomic mass is 79.9. The Morgan fingerprint density at radius 1 is 1.19 bits per heavy atom. The van der Waals surface area contributed by atoms with Crippen LogP contribution in [-0.2, 0) is 6.61 Å². The molecule has 0 aliphatic carbocycles. The number of amides is 1. The van der Waals surface area contributed by atoms with Crippen LogP contribution in [0.1, 0.15) is 21.5 Å². The van der Waals surface area contributed by atoms with Gasteiger partial charge in [0.15, 0.2) is 0 Å². The fourth-order valence-corrected chi connectivity index (χ4v) is 2.64. The molecular weight excluding hydrogens is 394 g/mol. The van der Waals surface area contributed by atoms with Crippen LogP contribution in [0.3, 0.4) is 0 Å². The van der Waals surface area contributed by atoms with E-state index < -0.39 is 0 Å². The first-order valence-electron chi connectivity index (χ1n) is 7.78. The van der Waals surface area contributed by atoms with Gasteiger partial charge in [0.05, 0.1) is 29.1 Å². The van der Waals surface area contributed by atoms with Gasteiger partial charge in [-0.1, -0.05) is 28.1 Å². The number of aromatic nitrogens is 1. The molecule has 26 heavy (non-hydrogen) atoms. The summed E-state index contributed by atoms with van der Waals surface area (Å²) in [6.45, 7) is 0.292. The number of carbonyl (C=O) groups is 1. The Morgan fingerprint density at radius 3 is 2.69 bits per heavy atom. The standard InChI is InChI=1S/C20H14BrN3O2/c21-16-7-8-19(26-13-15-5-3-14(11-22)4-6-15)18(10-16)20(25)24-17-2-1-9-23-12-17/h1-10,12H,13H2,(H,24,25). The van der Waals surface area contributed by atoms with Gasteiger partial charge in [-0.25, -0.2) is 0 Å². The third kappa shape index (κ3) is 4.47. The molecule has 3 rings (SSSR count). The highest BCUT2D eigenvalue weighted by molar-refractivity contribution is 9.10. The molecule has 0 saturated heterocycles. The predicted octanol–water partition coefficient (Wildman–Crippen LogP) is 4.55. The molecule has 128 valence electrons. The zero-order chi connectivity index (χ0) is 18.4. The third-order valence-electron chi connectivity index (χ3n) is 3.58. The summed E-state index contributed by atoms with van der Waals surface area (Å²) in [5.41, 5.74) is 2.52. The zero-order valence-electron chi connectivity index (χ0n) is 13.6. The van der Waals surface area contributed by atoms with Crippen molar-refractivity contribution in [2.75, 3.05) is 5.32 Å². The van der Waals surface area contributed by atoms with E-state index in [4.69, 9.17) is 10.00 Å². The minimum absolute atomic E-state index is 0.283. The lowest BCUT2D eigenvalue weighted by atomic mass is 10.1. The Labute approximate surface area is 159 Å². The van der Waals surface area contributed by atoms with Crippen molar-refractivity contribution in [1.82, 2.24) is 4.98 Å². The van der Waals surface area contributed by atoms with Gasteiger partial charge >= 0.3 is 0 Å². The Hall–Kier alpha value is -3.17. The molecule has 0 fully saturated rings. The number of nitrogens with one attached hydrogen (secondary N) is 1. The van der Waals surface area contributed by atoms with Crippen LogP contribution in [0, 0.1) is 11.3 Å². The highest BCUT2D eigenvalue weighted by Gasteiger charge is 2.14. The minimum Gasteiger partial charge on any atom is -0.488 e. The van der Waals surface area contributed by atoms with Gasteiger partial charge in [0.2, 0.25) is 0 Å². The van der Waals surface area contributed by atoms with Crippen LogP contribution in [0.25, 0.3) is 0 Å². The van der Waals surface area contributed by atoms with E-state index in [1.807, 2.05) is 18.2 Å². The van der Waals surface area contributed by atoms with Crippen LogP contribution in [-0.4, -0.2) is 10.9 Å². The Balaban J connectivity index is 1.76. The number of carbonyl (C=O) groups excluding carboxylic acids is 1. The number of ether oxygens (including phenoxy) is 1. The van der Waals surface area contributed by atoms with E-state index in [1.54, 1.807) is 48.8 Å². The minimum atomic E-state index is -0.283. The van der Waals surface area contributed by atoms with E-state index in [1.165, 1.54) is 0 Å². The van der Waals surface area contributed by atoms with E-state index in [-0.39, 0.29) is 5.91 Å². The van der Waals surface area contributed by atoms with Crippen LogP contribution in [0.2, 0.25) is 0 Å². The lowest BCUT2D eigenvalue weighted by Crippen LogP contribution is -2.14. The quantitative estimate of drug-likeness (QED) is 0.672. The van der Waals surface area contributed by atoms with Crippen molar-refractivity contribution < 1.29 is 9.53 Å². The second-order valence-corrected chi connectivity index (χ2v) is 6.35. The summed E-state index contributed by atoms with van der Waals surface area (Å²) in [5, 5.41) is 11.6. The molecule has 6 heteroatoms. The van der Waals surface area contributed by atoms with Crippen LogP contribution in [0.15, 0.2) is 71.5 Å². The van der Waals surface area contributed by atoms with Crippen molar-refractivity contribution in [3.63, 3.8) is 0 Å². The molecular formula is C20H14BrN3O2.